The maximum Gasteiger partial charge on any atom is 0.224 e. The number of hydrogen-bond donors (Lipinski definition) is 1. The number of amides is 1. The number of nitrogens with one attached hydrogen (secondary N) is 1. The maximum atomic E-state index is 12.0. The zero-order valence-electron chi connectivity index (χ0n) is 11.5. The van der Waals surface area contributed by atoms with Crippen molar-refractivity contribution in [1.29, 1.82) is 0 Å². The van der Waals surface area contributed by atoms with E-state index < -0.39 is 0 Å². The molecule has 0 aliphatic carbocycles. The Morgan fingerprint density at radius 2 is 2.45 bits per heavy atom. The van der Waals surface area contributed by atoms with Gasteiger partial charge in [-0.25, -0.2) is 0 Å². The molecule has 1 N–H and O–H groups in total. The van der Waals surface area contributed by atoms with Crippen LogP contribution >= 0.6 is 11.3 Å². The Kier molecular flexibility index (Phi) is 3.82. The number of carbonyl (C=O) groups excluding carboxylic acids is 1. The van der Waals surface area contributed by atoms with Crippen LogP contribution in [0.15, 0.2) is 16.8 Å². The van der Waals surface area contributed by atoms with Gasteiger partial charge < -0.3 is 9.88 Å². The molecule has 6 heteroatoms. The van der Waals surface area contributed by atoms with Gasteiger partial charge in [0.2, 0.25) is 5.91 Å². The highest BCUT2D eigenvalue weighted by atomic mass is 32.1. The van der Waals surface area contributed by atoms with Gasteiger partial charge in [0.15, 0.2) is 0 Å². The molecular formula is C14H18N4OS. The Balaban J connectivity index is 1.61. The van der Waals surface area contributed by atoms with Crippen LogP contribution < -0.4 is 5.32 Å². The van der Waals surface area contributed by atoms with Crippen molar-refractivity contribution in [3.8, 4) is 0 Å². The predicted octanol–water partition coefficient (Wildman–Crippen LogP) is 1.58. The molecule has 3 rings (SSSR count). The minimum atomic E-state index is 0.1000. The van der Waals surface area contributed by atoms with Crippen LogP contribution in [0.25, 0.3) is 0 Å². The van der Waals surface area contributed by atoms with E-state index in [1.807, 2.05) is 16.8 Å². The van der Waals surface area contributed by atoms with Crippen molar-refractivity contribution >= 4 is 17.2 Å². The maximum absolute atomic E-state index is 12.0. The van der Waals surface area contributed by atoms with Crippen LogP contribution in [0.1, 0.15) is 30.6 Å². The number of aromatic nitrogens is 3. The molecule has 3 heterocycles. The van der Waals surface area contributed by atoms with Crippen molar-refractivity contribution in [3.05, 3.63) is 34.0 Å². The van der Waals surface area contributed by atoms with Crippen LogP contribution in [-0.2, 0) is 30.6 Å². The van der Waals surface area contributed by atoms with Gasteiger partial charge in [-0.15, -0.1) is 10.2 Å². The molecule has 0 saturated carbocycles. The van der Waals surface area contributed by atoms with E-state index in [1.54, 1.807) is 11.3 Å². The molecule has 5 nitrogen and oxygen atoms in total. The summed E-state index contributed by atoms with van der Waals surface area (Å²) in [6.45, 7) is 2.87. The summed E-state index contributed by atoms with van der Waals surface area (Å²) in [6.07, 6.45) is 3.17. The largest absolute Gasteiger partial charge is 0.351 e. The molecule has 2 aromatic heterocycles. The molecule has 1 aliphatic rings. The highest BCUT2D eigenvalue weighted by Crippen LogP contribution is 2.16. The fourth-order valence-corrected chi connectivity index (χ4v) is 3.29. The molecular weight excluding hydrogens is 272 g/mol. The second-order valence-corrected chi connectivity index (χ2v) is 5.89. The molecule has 0 bridgehead atoms. The van der Waals surface area contributed by atoms with Crippen LogP contribution in [0, 0.1) is 0 Å². The monoisotopic (exact) mass is 290 g/mol. The van der Waals surface area contributed by atoms with Crippen molar-refractivity contribution in [2.45, 2.75) is 45.2 Å². The number of hydrogen-bond acceptors (Lipinski definition) is 4. The zero-order valence-corrected chi connectivity index (χ0v) is 12.3. The number of fused-ring (bicyclic) bond motifs is 1. The summed E-state index contributed by atoms with van der Waals surface area (Å²) in [5, 5.41) is 15.5. The molecule has 1 unspecified atom stereocenters. The van der Waals surface area contributed by atoms with E-state index in [2.05, 4.69) is 27.0 Å². The first-order chi connectivity index (χ1) is 9.76. The summed E-state index contributed by atoms with van der Waals surface area (Å²) in [5.74, 6) is 2.16. The van der Waals surface area contributed by atoms with Crippen LogP contribution in [-0.4, -0.2) is 26.7 Å². The number of nitrogens with zero attached hydrogens (tertiary/aromatic N) is 3. The van der Waals surface area contributed by atoms with E-state index in [4.69, 9.17) is 0 Å². The summed E-state index contributed by atoms with van der Waals surface area (Å²) >= 11 is 1.62. The molecule has 20 heavy (non-hydrogen) atoms. The topological polar surface area (TPSA) is 59.8 Å². The van der Waals surface area contributed by atoms with Gasteiger partial charge in [-0.1, -0.05) is 6.92 Å². The number of carbonyl (C=O) groups is 1. The van der Waals surface area contributed by atoms with Crippen molar-refractivity contribution in [1.82, 2.24) is 20.1 Å². The van der Waals surface area contributed by atoms with Gasteiger partial charge in [0.25, 0.3) is 0 Å². The first-order valence-corrected chi connectivity index (χ1v) is 7.92. The molecule has 0 aromatic carbocycles. The van der Waals surface area contributed by atoms with Crippen molar-refractivity contribution in [3.63, 3.8) is 0 Å². The molecule has 0 radical (unpaired) electrons. The third-order valence-corrected chi connectivity index (χ3v) is 4.38. The number of aryl methyl sites for hydroxylation is 2. The fourth-order valence-electron chi connectivity index (χ4n) is 2.62. The molecule has 2 aromatic rings. The van der Waals surface area contributed by atoms with Gasteiger partial charge in [-0.3, -0.25) is 4.79 Å². The highest BCUT2D eigenvalue weighted by molar-refractivity contribution is 7.07. The van der Waals surface area contributed by atoms with E-state index in [0.717, 1.165) is 43.0 Å². The molecule has 0 spiro atoms. The minimum absolute atomic E-state index is 0.1000. The van der Waals surface area contributed by atoms with E-state index in [9.17, 15) is 4.79 Å². The smallest absolute Gasteiger partial charge is 0.224 e. The Hall–Kier alpha value is -1.69. The van der Waals surface area contributed by atoms with Gasteiger partial charge in [0.05, 0.1) is 6.42 Å². The van der Waals surface area contributed by atoms with Crippen molar-refractivity contribution < 1.29 is 4.79 Å². The summed E-state index contributed by atoms with van der Waals surface area (Å²) in [6, 6.07) is 2.19. The average molecular weight is 290 g/mol. The van der Waals surface area contributed by atoms with Crippen molar-refractivity contribution in [2.24, 2.45) is 0 Å². The Labute approximate surface area is 122 Å². The second-order valence-electron chi connectivity index (χ2n) is 5.11. The SMILES string of the molecule is CCc1nnc2n1CC(NC(=O)Cc1ccsc1)CC2. The summed E-state index contributed by atoms with van der Waals surface area (Å²) in [7, 11) is 0. The quantitative estimate of drug-likeness (QED) is 0.930. The van der Waals surface area contributed by atoms with Gasteiger partial charge in [0.1, 0.15) is 11.6 Å². The van der Waals surface area contributed by atoms with E-state index >= 15 is 0 Å². The number of rotatable bonds is 4. The van der Waals surface area contributed by atoms with E-state index in [1.165, 1.54) is 0 Å². The second kappa shape index (κ2) is 5.75. The zero-order chi connectivity index (χ0) is 13.9. The van der Waals surface area contributed by atoms with Gasteiger partial charge >= 0.3 is 0 Å². The lowest BCUT2D eigenvalue weighted by atomic mass is 10.1. The third-order valence-electron chi connectivity index (χ3n) is 3.65. The summed E-state index contributed by atoms with van der Waals surface area (Å²) in [4.78, 5) is 12.0. The average Bonchev–Trinajstić information content (AvgIpc) is 3.07. The lowest BCUT2D eigenvalue weighted by Gasteiger charge is -2.25. The van der Waals surface area contributed by atoms with Crippen LogP contribution in [0.3, 0.4) is 0 Å². The van der Waals surface area contributed by atoms with Gasteiger partial charge in [0, 0.05) is 25.4 Å². The van der Waals surface area contributed by atoms with Crippen LogP contribution in [0.2, 0.25) is 0 Å². The van der Waals surface area contributed by atoms with Crippen LogP contribution in [0.4, 0.5) is 0 Å². The lowest BCUT2D eigenvalue weighted by molar-refractivity contribution is -0.121. The Bertz CT molecular complexity index is 577. The molecule has 106 valence electrons. The summed E-state index contributed by atoms with van der Waals surface area (Å²) in [5.41, 5.74) is 1.09. The molecule has 1 amide bonds. The molecule has 0 fully saturated rings. The highest BCUT2D eigenvalue weighted by Gasteiger charge is 2.23. The minimum Gasteiger partial charge on any atom is -0.351 e. The predicted molar refractivity (Wildman–Crippen MR) is 77.7 cm³/mol. The normalized spacial score (nSPS) is 17.8. The van der Waals surface area contributed by atoms with Crippen LogP contribution in [0.5, 0.6) is 0 Å². The summed E-state index contributed by atoms with van der Waals surface area (Å²) < 4.78 is 2.15. The fraction of sp³-hybridized carbons (Fsp3) is 0.500. The Morgan fingerprint density at radius 1 is 1.55 bits per heavy atom. The number of thiophene rings is 1. The molecule has 1 atom stereocenters. The lowest BCUT2D eigenvalue weighted by Crippen LogP contribution is -2.42. The first kappa shape index (κ1) is 13.3. The van der Waals surface area contributed by atoms with E-state index in [0.29, 0.717) is 6.42 Å². The molecule has 0 saturated heterocycles. The van der Waals surface area contributed by atoms with E-state index in [-0.39, 0.29) is 11.9 Å². The first-order valence-electron chi connectivity index (χ1n) is 6.97. The third kappa shape index (κ3) is 2.75. The van der Waals surface area contributed by atoms with Gasteiger partial charge in [-0.05, 0) is 28.8 Å². The Morgan fingerprint density at radius 3 is 3.20 bits per heavy atom. The van der Waals surface area contributed by atoms with Crippen molar-refractivity contribution in [2.75, 3.05) is 0 Å². The standard InChI is InChI=1S/C14H18N4OS/c1-2-12-16-17-13-4-3-11(8-18(12)13)15-14(19)7-10-5-6-20-9-10/h5-6,9,11H,2-4,7-8H2,1H3,(H,15,19). The molecule has 1 aliphatic heterocycles. The van der Waals surface area contributed by atoms with Gasteiger partial charge in [-0.2, -0.15) is 11.3 Å².